The van der Waals surface area contributed by atoms with Crippen molar-refractivity contribution in [2.75, 3.05) is 26.2 Å². The monoisotopic (exact) mass is 309 g/mol. The van der Waals surface area contributed by atoms with E-state index < -0.39 is 5.54 Å². The van der Waals surface area contributed by atoms with Crippen LogP contribution in [0.25, 0.3) is 0 Å². The van der Waals surface area contributed by atoms with Gasteiger partial charge in [-0.25, -0.2) is 0 Å². The molecule has 0 aromatic rings. The maximum Gasteiger partial charge on any atom is 0.242 e. The molecule has 0 radical (unpaired) electrons. The molecule has 1 amide bonds. The summed E-state index contributed by atoms with van der Waals surface area (Å²) in [5.41, 5.74) is 5.71. The third-order valence-corrected chi connectivity index (χ3v) is 4.59. The van der Waals surface area contributed by atoms with Crippen LogP contribution < -0.4 is 5.73 Å². The molecule has 0 aromatic carbocycles. The topological polar surface area (TPSA) is 49.6 Å². The lowest BCUT2D eigenvalue weighted by molar-refractivity contribution is -0.138. The van der Waals surface area contributed by atoms with Gasteiger partial charge in [0, 0.05) is 32.2 Å². The highest BCUT2D eigenvalue weighted by molar-refractivity contribution is 5.86. The lowest BCUT2D eigenvalue weighted by Gasteiger charge is -2.38. The zero-order valence-corrected chi connectivity index (χ0v) is 13.0. The van der Waals surface area contributed by atoms with E-state index in [9.17, 15) is 4.79 Å². The van der Waals surface area contributed by atoms with Crippen LogP contribution in [0.4, 0.5) is 0 Å². The minimum Gasteiger partial charge on any atom is -0.339 e. The minimum absolute atomic E-state index is 0. The zero-order valence-electron chi connectivity index (χ0n) is 11.3. The fraction of sp³-hybridized carbons (Fsp3) is 0.923. The van der Waals surface area contributed by atoms with Crippen molar-refractivity contribution in [3.8, 4) is 0 Å². The fourth-order valence-electron chi connectivity index (χ4n) is 3.26. The number of carbonyl (C=O) groups is 1. The number of nitrogens with two attached hydrogens (primary N) is 1. The Labute approximate surface area is 127 Å². The summed E-state index contributed by atoms with van der Waals surface area (Å²) in [7, 11) is 0. The van der Waals surface area contributed by atoms with Crippen LogP contribution >= 0.6 is 24.8 Å². The van der Waals surface area contributed by atoms with Gasteiger partial charge in [0.1, 0.15) is 0 Å². The number of halogens is 2. The number of rotatable bonds is 2. The van der Waals surface area contributed by atoms with Crippen molar-refractivity contribution in [1.29, 1.82) is 0 Å². The normalized spacial score (nSPS) is 26.5. The van der Waals surface area contributed by atoms with E-state index in [4.69, 9.17) is 5.73 Å². The van der Waals surface area contributed by atoms with Gasteiger partial charge in [0.05, 0.1) is 5.54 Å². The van der Waals surface area contributed by atoms with Crippen molar-refractivity contribution in [1.82, 2.24) is 9.80 Å². The summed E-state index contributed by atoms with van der Waals surface area (Å²) in [4.78, 5) is 16.9. The smallest absolute Gasteiger partial charge is 0.242 e. The van der Waals surface area contributed by atoms with Crippen molar-refractivity contribution in [3.63, 3.8) is 0 Å². The molecule has 1 saturated heterocycles. The second kappa shape index (κ2) is 6.61. The van der Waals surface area contributed by atoms with E-state index in [1.54, 1.807) is 0 Å². The lowest BCUT2D eigenvalue weighted by atomic mass is 9.97. The Kier molecular flexibility index (Phi) is 5.93. The highest BCUT2D eigenvalue weighted by Crippen LogP contribution is 2.31. The molecule has 3 fully saturated rings. The van der Waals surface area contributed by atoms with Gasteiger partial charge in [-0.2, -0.15) is 0 Å². The summed E-state index contributed by atoms with van der Waals surface area (Å²) in [5, 5.41) is 0. The molecule has 3 rings (SSSR count). The Morgan fingerprint density at radius 3 is 2.00 bits per heavy atom. The van der Waals surface area contributed by atoms with E-state index >= 15 is 0 Å². The molecule has 112 valence electrons. The highest BCUT2D eigenvalue weighted by atomic mass is 35.5. The molecular formula is C13H25Cl2N3O. The molecule has 2 N–H and O–H groups in total. The van der Waals surface area contributed by atoms with Crippen molar-refractivity contribution >= 4 is 30.7 Å². The molecule has 0 aromatic heterocycles. The largest absolute Gasteiger partial charge is 0.339 e. The first-order valence-electron chi connectivity index (χ1n) is 7.01. The van der Waals surface area contributed by atoms with Gasteiger partial charge in [0.2, 0.25) is 5.91 Å². The van der Waals surface area contributed by atoms with Crippen LogP contribution in [-0.4, -0.2) is 53.5 Å². The van der Waals surface area contributed by atoms with Crippen molar-refractivity contribution < 1.29 is 4.79 Å². The van der Waals surface area contributed by atoms with E-state index in [2.05, 4.69) is 4.90 Å². The van der Waals surface area contributed by atoms with E-state index in [0.29, 0.717) is 0 Å². The molecule has 19 heavy (non-hydrogen) atoms. The summed E-state index contributed by atoms with van der Waals surface area (Å²) in [6, 6.07) is 0.825. The number of carbonyl (C=O) groups excluding carboxylic acids is 1. The first-order valence-corrected chi connectivity index (χ1v) is 7.01. The third kappa shape index (κ3) is 3.54. The molecule has 2 saturated carbocycles. The quantitative estimate of drug-likeness (QED) is 0.839. The Morgan fingerprint density at radius 2 is 1.53 bits per heavy atom. The average Bonchev–Trinajstić information content (AvgIpc) is 3.11. The Morgan fingerprint density at radius 1 is 1.00 bits per heavy atom. The predicted molar refractivity (Wildman–Crippen MR) is 81.1 cm³/mol. The summed E-state index contributed by atoms with van der Waals surface area (Å²) in [5.74, 6) is 0.213. The van der Waals surface area contributed by atoms with E-state index in [0.717, 1.165) is 57.9 Å². The van der Waals surface area contributed by atoms with Gasteiger partial charge in [0.15, 0.2) is 0 Å². The Balaban J connectivity index is 0.000000902. The first-order chi connectivity index (χ1) is 8.19. The van der Waals surface area contributed by atoms with Gasteiger partial charge in [-0.05, 0) is 25.7 Å². The number of hydrogen-bond acceptors (Lipinski definition) is 3. The van der Waals surface area contributed by atoms with Gasteiger partial charge >= 0.3 is 0 Å². The molecule has 2 aliphatic carbocycles. The molecule has 6 heteroatoms. The molecular weight excluding hydrogens is 285 g/mol. The van der Waals surface area contributed by atoms with Crippen LogP contribution in [0.5, 0.6) is 0 Å². The molecule has 0 unspecified atom stereocenters. The molecule has 4 nitrogen and oxygen atoms in total. The van der Waals surface area contributed by atoms with Gasteiger partial charge in [0.25, 0.3) is 0 Å². The maximum absolute atomic E-state index is 12.4. The van der Waals surface area contributed by atoms with Crippen molar-refractivity contribution in [3.05, 3.63) is 0 Å². The van der Waals surface area contributed by atoms with Crippen LogP contribution in [0, 0.1) is 0 Å². The Bertz CT molecular complexity index is 309. The standard InChI is InChI=1S/C13H23N3O.2ClH/c14-13(5-1-2-6-13)12(17)16-9-7-15(8-10-16)11-3-4-11;;/h11H,1-10,14H2;2*1H. The molecule has 0 bridgehead atoms. The SMILES string of the molecule is Cl.Cl.NC1(C(=O)N2CCN(C3CC3)CC2)CCCC1. The second-order valence-electron chi connectivity index (χ2n) is 5.92. The molecule has 1 heterocycles. The maximum atomic E-state index is 12.4. The van der Waals surface area contributed by atoms with Crippen LogP contribution in [0.2, 0.25) is 0 Å². The van der Waals surface area contributed by atoms with E-state index in [1.807, 2.05) is 4.90 Å². The second-order valence-corrected chi connectivity index (χ2v) is 5.92. The molecule has 1 aliphatic heterocycles. The summed E-state index contributed by atoms with van der Waals surface area (Å²) in [6.45, 7) is 3.86. The number of nitrogens with zero attached hydrogens (tertiary/aromatic N) is 2. The van der Waals surface area contributed by atoms with Crippen molar-refractivity contribution in [2.24, 2.45) is 5.73 Å². The van der Waals surface area contributed by atoms with Crippen molar-refractivity contribution in [2.45, 2.75) is 50.1 Å². The molecule has 3 aliphatic rings. The van der Waals surface area contributed by atoms with Gasteiger partial charge < -0.3 is 10.6 Å². The average molecular weight is 310 g/mol. The summed E-state index contributed by atoms with van der Waals surface area (Å²) >= 11 is 0. The van der Waals surface area contributed by atoms with Gasteiger partial charge in [-0.3, -0.25) is 9.69 Å². The van der Waals surface area contributed by atoms with E-state index in [1.165, 1.54) is 12.8 Å². The van der Waals surface area contributed by atoms with Gasteiger partial charge in [-0.1, -0.05) is 12.8 Å². The van der Waals surface area contributed by atoms with E-state index in [-0.39, 0.29) is 30.7 Å². The Hall–Kier alpha value is -0.0300. The minimum atomic E-state index is -0.526. The van der Waals surface area contributed by atoms with Crippen LogP contribution in [0.15, 0.2) is 0 Å². The summed E-state index contributed by atoms with van der Waals surface area (Å²) in [6.07, 6.45) is 6.71. The fourth-order valence-corrected chi connectivity index (χ4v) is 3.26. The highest BCUT2D eigenvalue weighted by Gasteiger charge is 2.41. The van der Waals surface area contributed by atoms with Gasteiger partial charge in [-0.15, -0.1) is 24.8 Å². The van der Waals surface area contributed by atoms with Crippen LogP contribution in [0.3, 0.4) is 0 Å². The predicted octanol–water partition coefficient (Wildman–Crippen LogP) is 1.41. The summed E-state index contributed by atoms with van der Waals surface area (Å²) < 4.78 is 0. The number of hydrogen-bond donors (Lipinski definition) is 1. The third-order valence-electron chi connectivity index (χ3n) is 4.59. The molecule has 0 spiro atoms. The number of piperazine rings is 1. The zero-order chi connectivity index (χ0) is 11.9. The number of amides is 1. The lowest BCUT2D eigenvalue weighted by Crippen LogP contribution is -2.58. The van der Waals surface area contributed by atoms with Crippen LogP contribution in [0.1, 0.15) is 38.5 Å². The first kappa shape index (κ1) is 17.0. The van der Waals surface area contributed by atoms with Crippen LogP contribution in [-0.2, 0) is 4.79 Å². The molecule has 0 atom stereocenters.